The average molecular weight is 403 g/mol. The van der Waals surface area contributed by atoms with Crippen LogP contribution in [0, 0.1) is 11.6 Å². The van der Waals surface area contributed by atoms with Crippen LogP contribution < -0.4 is 9.64 Å². The van der Waals surface area contributed by atoms with Gasteiger partial charge in [-0.25, -0.2) is 13.8 Å². The number of methoxy groups -OCH3 is 1. The molecule has 0 N–H and O–H groups in total. The lowest BCUT2D eigenvalue weighted by Crippen LogP contribution is -2.53. The van der Waals surface area contributed by atoms with Gasteiger partial charge < -0.3 is 14.5 Å². The molecule has 154 valence electrons. The summed E-state index contributed by atoms with van der Waals surface area (Å²) in [5, 5.41) is 0. The minimum Gasteiger partial charge on any atom is -0.481 e. The monoisotopic (exact) mass is 403 g/mol. The van der Waals surface area contributed by atoms with Crippen molar-refractivity contribution in [2.75, 3.05) is 31.6 Å². The first-order valence-electron chi connectivity index (χ1n) is 9.41. The van der Waals surface area contributed by atoms with Gasteiger partial charge in [0.05, 0.1) is 7.11 Å². The number of rotatable bonds is 6. The van der Waals surface area contributed by atoms with Gasteiger partial charge in [0.15, 0.2) is 5.78 Å². The second-order valence-corrected chi connectivity index (χ2v) is 7.02. The van der Waals surface area contributed by atoms with E-state index in [2.05, 4.69) is 4.98 Å². The summed E-state index contributed by atoms with van der Waals surface area (Å²) in [7, 11) is 1.49. The van der Waals surface area contributed by atoms with E-state index in [1.165, 1.54) is 25.4 Å². The zero-order valence-electron chi connectivity index (χ0n) is 16.4. The second-order valence-electron chi connectivity index (χ2n) is 7.02. The number of hydrogen-bond donors (Lipinski definition) is 0. The minimum absolute atomic E-state index is 0.0938. The van der Waals surface area contributed by atoms with E-state index in [-0.39, 0.29) is 30.6 Å². The predicted octanol–water partition coefficient (Wildman–Crippen LogP) is 3.07. The molecule has 8 heteroatoms. The highest BCUT2D eigenvalue weighted by molar-refractivity contribution is 5.97. The van der Waals surface area contributed by atoms with Crippen LogP contribution in [-0.4, -0.2) is 54.4 Å². The standard InChI is InChI=1S/C21H23F2N3O3/c1-14-13-25(7-8-26(14)18-10-16(22)9-17(23)11-18)21(28)6-4-19(27)15-3-5-20(29-2)24-12-15/h3,5,9-12,14H,4,6-8,13H2,1-2H3/t14-/m0/s1. The first kappa shape index (κ1) is 20.7. The van der Waals surface area contributed by atoms with E-state index in [1.807, 2.05) is 11.8 Å². The Labute approximate surface area is 168 Å². The quantitative estimate of drug-likeness (QED) is 0.694. The normalized spacial score (nSPS) is 16.6. The summed E-state index contributed by atoms with van der Waals surface area (Å²) in [6, 6.07) is 6.54. The van der Waals surface area contributed by atoms with Crippen molar-refractivity contribution in [3.05, 3.63) is 53.7 Å². The lowest BCUT2D eigenvalue weighted by atomic mass is 10.1. The summed E-state index contributed by atoms with van der Waals surface area (Å²) in [6.07, 6.45) is 1.63. The molecule has 0 bridgehead atoms. The van der Waals surface area contributed by atoms with Gasteiger partial charge >= 0.3 is 0 Å². The highest BCUT2D eigenvalue weighted by Gasteiger charge is 2.27. The zero-order valence-corrected chi connectivity index (χ0v) is 16.4. The number of anilines is 1. The number of halogens is 2. The maximum atomic E-state index is 13.5. The maximum absolute atomic E-state index is 13.5. The molecule has 1 amide bonds. The number of ether oxygens (including phenoxy) is 1. The number of pyridine rings is 1. The lowest BCUT2D eigenvalue weighted by molar-refractivity contribution is -0.131. The number of Topliss-reactive ketones (excluding diaryl/α,β-unsaturated/α-hetero) is 1. The third-order valence-corrected chi connectivity index (χ3v) is 4.99. The SMILES string of the molecule is COc1ccc(C(=O)CCC(=O)N2CCN(c3cc(F)cc(F)c3)[C@@H](C)C2)cn1. The first-order valence-corrected chi connectivity index (χ1v) is 9.41. The van der Waals surface area contributed by atoms with E-state index in [4.69, 9.17) is 4.74 Å². The number of piperazine rings is 1. The summed E-state index contributed by atoms with van der Waals surface area (Å²) in [6.45, 7) is 3.22. The van der Waals surface area contributed by atoms with Crippen LogP contribution in [0.4, 0.5) is 14.5 Å². The Morgan fingerprint density at radius 1 is 1.14 bits per heavy atom. The number of nitrogens with zero attached hydrogens (tertiary/aromatic N) is 3. The van der Waals surface area contributed by atoms with Crippen LogP contribution in [0.1, 0.15) is 30.1 Å². The van der Waals surface area contributed by atoms with E-state index in [1.54, 1.807) is 17.0 Å². The fourth-order valence-corrected chi connectivity index (χ4v) is 3.46. The van der Waals surface area contributed by atoms with Gasteiger partial charge in [-0.3, -0.25) is 9.59 Å². The molecule has 0 aliphatic carbocycles. The summed E-state index contributed by atoms with van der Waals surface area (Å²) < 4.78 is 32.0. The van der Waals surface area contributed by atoms with Gasteiger partial charge in [0, 0.05) is 68.1 Å². The van der Waals surface area contributed by atoms with Crippen LogP contribution in [0.25, 0.3) is 0 Å². The van der Waals surface area contributed by atoms with Crippen LogP contribution in [0.5, 0.6) is 5.88 Å². The molecule has 1 aliphatic heterocycles. The molecule has 1 atom stereocenters. The summed E-state index contributed by atoms with van der Waals surface area (Å²) in [5.74, 6) is -1.11. The van der Waals surface area contributed by atoms with Crippen molar-refractivity contribution in [2.45, 2.75) is 25.8 Å². The molecule has 1 aromatic carbocycles. The molecule has 1 fully saturated rings. The predicted molar refractivity (Wildman–Crippen MR) is 104 cm³/mol. The fourth-order valence-electron chi connectivity index (χ4n) is 3.46. The largest absolute Gasteiger partial charge is 0.481 e. The van der Waals surface area contributed by atoms with E-state index < -0.39 is 11.6 Å². The second kappa shape index (κ2) is 8.98. The number of benzene rings is 1. The number of carbonyl (C=O) groups excluding carboxylic acids is 2. The molecule has 2 heterocycles. The zero-order chi connectivity index (χ0) is 21.0. The van der Waals surface area contributed by atoms with Crippen LogP contribution in [0.2, 0.25) is 0 Å². The van der Waals surface area contributed by atoms with Crippen LogP contribution >= 0.6 is 0 Å². The molecule has 1 aromatic heterocycles. The Morgan fingerprint density at radius 2 is 1.86 bits per heavy atom. The molecule has 0 spiro atoms. The van der Waals surface area contributed by atoms with Crippen molar-refractivity contribution in [1.29, 1.82) is 0 Å². The van der Waals surface area contributed by atoms with Crippen molar-refractivity contribution in [2.24, 2.45) is 0 Å². The van der Waals surface area contributed by atoms with Gasteiger partial charge in [0.25, 0.3) is 0 Å². The molecule has 0 saturated carbocycles. The fraction of sp³-hybridized carbons (Fsp3) is 0.381. The molecular weight excluding hydrogens is 380 g/mol. The van der Waals surface area contributed by atoms with E-state index in [0.717, 1.165) is 6.07 Å². The van der Waals surface area contributed by atoms with Crippen LogP contribution in [0.3, 0.4) is 0 Å². The molecule has 2 aromatic rings. The number of hydrogen-bond acceptors (Lipinski definition) is 5. The van der Waals surface area contributed by atoms with E-state index in [0.29, 0.717) is 36.8 Å². The van der Waals surface area contributed by atoms with Gasteiger partial charge in [0.1, 0.15) is 11.6 Å². The van der Waals surface area contributed by atoms with Gasteiger partial charge in [-0.2, -0.15) is 0 Å². The minimum atomic E-state index is -0.628. The van der Waals surface area contributed by atoms with Crippen LogP contribution in [0.15, 0.2) is 36.5 Å². The van der Waals surface area contributed by atoms with E-state index >= 15 is 0 Å². The maximum Gasteiger partial charge on any atom is 0.223 e. The average Bonchev–Trinajstić information content (AvgIpc) is 2.71. The topological polar surface area (TPSA) is 62.7 Å². The van der Waals surface area contributed by atoms with Crippen molar-refractivity contribution < 1.29 is 23.1 Å². The summed E-state index contributed by atoms with van der Waals surface area (Å²) in [4.78, 5) is 32.4. The summed E-state index contributed by atoms with van der Waals surface area (Å²) in [5.41, 5.74) is 0.897. The van der Waals surface area contributed by atoms with Crippen molar-refractivity contribution in [1.82, 2.24) is 9.88 Å². The number of amides is 1. The molecule has 0 radical (unpaired) electrons. The Morgan fingerprint density at radius 3 is 2.45 bits per heavy atom. The molecule has 1 saturated heterocycles. The van der Waals surface area contributed by atoms with Crippen molar-refractivity contribution >= 4 is 17.4 Å². The molecule has 1 aliphatic rings. The molecule has 29 heavy (non-hydrogen) atoms. The Hall–Kier alpha value is -3.03. The molecular formula is C21H23F2N3O3. The Bertz CT molecular complexity index is 869. The number of carbonyl (C=O) groups is 2. The highest BCUT2D eigenvalue weighted by atomic mass is 19.1. The molecule has 6 nitrogen and oxygen atoms in total. The van der Waals surface area contributed by atoms with Gasteiger partial charge in [-0.15, -0.1) is 0 Å². The number of aromatic nitrogens is 1. The Kier molecular flexibility index (Phi) is 6.41. The summed E-state index contributed by atoms with van der Waals surface area (Å²) >= 11 is 0. The lowest BCUT2D eigenvalue weighted by Gasteiger charge is -2.41. The third-order valence-electron chi connectivity index (χ3n) is 4.99. The van der Waals surface area contributed by atoms with Crippen molar-refractivity contribution in [3.8, 4) is 5.88 Å². The van der Waals surface area contributed by atoms with Crippen molar-refractivity contribution in [3.63, 3.8) is 0 Å². The van der Waals surface area contributed by atoms with E-state index in [9.17, 15) is 18.4 Å². The number of ketones is 1. The molecule has 0 unspecified atom stereocenters. The highest BCUT2D eigenvalue weighted by Crippen LogP contribution is 2.23. The van der Waals surface area contributed by atoms with Crippen LogP contribution in [-0.2, 0) is 4.79 Å². The molecule has 3 rings (SSSR count). The Balaban J connectivity index is 1.54. The van der Waals surface area contributed by atoms with Gasteiger partial charge in [-0.1, -0.05) is 0 Å². The third kappa shape index (κ3) is 5.07. The smallest absolute Gasteiger partial charge is 0.223 e. The van der Waals surface area contributed by atoms with Gasteiger partial charge in [0.2, 0.25) is 11.8 Å². The van der Waals surface area contributed by atoms with Gasteiger partial charge in [-0.05, 0) is 25.1 Å². The first-order chi connectivity index (χ1) is 13.9.